The Morgan fingerprint density at radius 1 is 1.21 bits per heavy atom. The van der Waals surface area contributed by atoms with Gasteiger partial charge in [0.2, 0.25) is 10.0 Å². The van der Waals surface area contributed by atoms with E-state index in [1.807, 2.05) is 0 Å². The van der Waals surface area contributed by atoms with Crippen LogP contribution in [0, 0.1) is 5.92 Å². The van der Waals surface area contributed by atoms with Crippen LogP contribution >= 0.6 is 0 Å². The van der Waals surface area contributed by atoms with Gasteiger partial charge in [-0.05, 0) is 25.0 Å². The summed E-state index contributed by atoms with van der Waals surface area (Å²) < 4.78 is 37.7. The standard InChI is InChI=1S/C23H33N5O5S/c1-16-11-28(12-18-9-24-15-25-10-18)17(2)14-33-21-8-19(26-34(5,30)31)6-7-20(21)23(29)27(3)13-22(16)32-4/h6-10,15-17,22,26H,11-14H2,1-5H3/t16-,17-,22-/m0/s1. The molecular weight excluding hydrogens is 458 g/mol. The molecule has 0 saturated carbocycles. The Morgan fingerprint density at radius 2 is 1.91 bits per heavy atom. The van der Waals surface area contributed by atoms with E-state index in [1.54, 1.807) is 49.7 Å². The minimum absolute atomic E-state index is 0.0215. The fraction of sp³-hybridized carbons (Fsp3) is 0.522. The molecule has 1 N–H and O–H groups in total. The van der Waals surface area contributed by atoms with Crippen molar-refractivity contribution in [3.05, 3.63) is 48.0 Å². The van der Waals surface area contributed by atoms with E-state index < -0.39 is 10.0 Å². The number of nitrogens with zero attached hydrogens (tertiary/aromatic N) is 4. The molecule has 3 rings (SSSR count). The van der Waals surface area contributed by atoms with Crippen LogP contribution in [0.2, 0.25) is 0 Å². The molecule has 11 heteroatoms. The van der Waals surface area contributed by atoms with E-state index in [1.165, 1.54) is 6.33 Å². The number of rotatable bonds is 5. The van der Waals surface area contributed by atoms with Crippen LogP contribution in [0.3, 0.4) is 0 Å². The zero-order valence-corrected chi connectivity index (χ0v) is 21.1. The maximum Gasteiger partial charge on any atom is 0.257 e. The van der Waals surface area contributed by atoms with Gasteiger partial charge >= 0.3 is 0 Å². The van der Waals surface area contributed by atoms with Crippen LogP contribution < -0.4 is 9.46 Å². The van der Waals surface area contributed by atoms with Crippen LogP contribution in [0.25, 0.3) is 0 Å². The van der Waals surface area contributed by atoms with Crippen molar-refractivity contribution in [1.29, 1.82) is 0 Å². The number of benzene rings is 1. The summed E-state index contributed by atoms with van der Waals surface area (Å²) in [6.45, 7) is 6.19. The zero-order valence-electron chi connectivity index (χ0n) is 20.3. The molecule has 0 radical (unpaired) electrons. The predicted molar refractivity (Wildman–Crippen MR) is 129 cm³/mol. The van der Waals surface area contributed by atoms with E-state index in [-0.39, 0.29) is 24.0 Å². The highest BCUT2D eigenvalue weighted by molar-refractivity contribution is 7.92. The highest BCUT2D eigenvalue weighted by atomic mass is 32.2. The fourth-order valence-corrected chi connectivity index (χ4v) is 4.55. The van der Waals surface area contributed by atoms with Gasteiger partial charge in [0.15, 0.2) is 0 Å². The van der Waals surface area contributed by atoms with Gasteiger partial charge in [0.1, 0.15) is 18.7 Å². The maximum absolute atomic E-state index is 13.2. The first-order valence-corrected chi connectivity index (χ1v) is 13.0. The van der Waals surface area contributed by atoms with Crippen LogP contribution in [0.15, 0.2) is 36.9 Å². The van der Waals surface area contributed by atoms with Gasteiger partial charge in [-0.3, -0.25) is 14.4 Å². The highest BCUT2D eigenvalue weighted by Crippen LogP contribution is 2.27. The second-order valence-electron chi connectivity index (χ2n) is 8.86. The lowest BCUT2D eigenvalue weighted by atomic mass is 10.0. The summed E-state index contributed by atoms with van der Waals surface area (Å²) in [7, 11) is -0.0962. The topological polar surface area (TPSA) is 114 Å². The van der Waals surface area contributed by atoms with E-state index in [0.29, 0.717) is 43.2 Å². The number of hydrogen-bond donors (Lipinski definition) is 1. The third kappa shape index (κ3) is 6.87. The van der Waals surface area contributed by atoms with Crippen molar-refractivity contribution in [1.82, 2.24) is 19.8 Å². The fourth-order valence-electron chi connectivity index (χ4n) is 3.99. The van der Waals surface area contributed by atoms with Crippen molar-refractivity contribution in [2.24, 2.45) is 5.92 Å². The summed E-state index contributed by atoms with van der Waals surface area (Å²) in [6.07, 6.45) is 5.99. The van der Waals surface area contributed by atoms with E-state index >= 15 is 0 Å². The Hall–Kier alpha value is -2.76. The summed E-state index contributed by atoms with van der Waals surface area (Å²) >= 11 is 0. The Morgan fingerprint density at radius 3 is 2.56 bits per heavy atom. The molecule has 0 aliphatic carbocycles. The van der Waals surface area contributed by atoms with Crippen molar-refractivity contribution >= 4 is 21.6 Å². The van der Waals surface area contributed by atoms with Crippen LogP contribution in [-0.4, -0.2) is 86.3 Å². The van der Waals surface area contributed by atoms with Gasteiger partial charge in [0.25, 0.3) is 5.91 Å². The zero-order chi connectivity index (χ0) is 24.9. The molecule has 1 aliphatic heterocycles. The minimum atomic E-state index is -3.48. The van der Waals surface area contributed by atoms with Crippen LogP contribution in [0.5, 0.6) is 5.75 Å². The Kier molecular flexibility index (Phi) is 8.45. The molecular formula is C23H33N5O5S. The number of anilines is 1. The second-order valence-corrected chi connectivity index (χ2v) is 10.6. The van der Waals surface area contributed by atoms with Crippen LogP contribution in [0.4, 0.5) is 5.69 Å². The second kappa shape index (κ2) is 11.1. The molecule has 0 unspecified atom stereocenters. The molecule has 0 spiro atoms. The maximum atomic E-state index is 13.2. The van der Waals surface area contributed by atoms with E-state index in [2.05, 4.69) is 33.4 Å². The molecule has 186 valence electrons. The molecule has 2 heterocycles. The Labute approximate surface area is 201 Å². The van der Waals surface area contributed by atoms with Crippen molar-refractivity contribution in [2.45, 2.75) is 32.5 Å². The number of carbonyl (C=O) groups is 1. The number of hydrogen-bond acceptors (Lipinski definition) is 8. The lowest BCUT2D eigenvalue weighted by Gasteiger charge is -2.36. The summed E-state index contributed by atoms with van der Waals surface area (Å²) in [5.41, 5.74) is 1.67. The van der Waals surface area contributed by atoms with Gasteiger partial charge in [-0.25, -0.2) is 18.4 Å². The minimum Gasteiger partial charge on any atom is -0.491 e. The first-order chi connectivity index (χ1) is 16.1. The number of sulfonamides is 1. The van der Waals surface area contributed by atoms with Gasteiger partial charge in [-0.15, -0.1) is 0 Å². The van der Waals surface area contributed by atoms with E-state index in [4.69, 9.17) is 9.47 Å². The van der Waals surface area contributed by atoms with E-state index in [9.17, 15) is 13.2 Å². The molecule has 1 amide bonds. The van der Waals surface area contributed by atoms with Crippen molar-refractivity contribution in [2.75, 3.05) is 44.8 Å². The monoisotopic (exact) mass is 491 g/mol. The average molecular weight is 492 g/mol. The molecule has 10 nitrogen and oxygen atoms in total. The van der Waals surface area contributed by atoms with Gasteiger partial charge < -0.3 is 14.4 Å². The predicted octanol–water partition coefficient (Wildman–Crippen LogP) is 1.85. The number of ether oxygens (including phenoxy) is 2. The number of carbonyl (C=O) groups excluding carboxylic acids is 1. The van der Waals surface area contributed by atoms with Crippen molar-refractivity contribution in [3.8, 4) is 5.75 Å². The third-order valence-electron chi connectivity index (χ3n) is 5.88. The molecule has 3 atom stereocenters. The van der Waals surface area contributed by atoms with Crippen molar-refractivity contribution in [3.63, 3.8) is 0 Å². The molecule has 0 bridgehead atoms. The normalized spacial score (nSPS) is 22.8. The van der Waals surface area contributed by atoms with Crippen LogP contribution in [0.1, 0.15) is 29.8 Å². The molecule has 1 aliphatic rings. The summed E-state index contributed by atoms with van der Waals surface area (Å²) in [5.74, 6) is 0.233. The first-order valence-electron chi connectivity index (χ1n) is 11.1. The quantitative estimate of drug-likeness (QED) is 0.674. The lowest BCUT2D eigenvalue weighted by Crippen LogP contribution is -2.46. The number of fused-ring (bicyclic) bond motifs is 1. The molecule has 1 aromatic carbocycles. The molecule has 34 heavy (non-hydrogen) atoms. The average Bonchev–Trinajstić information content (AvgIpc) is 2.79. The van der Waals surface area contributed by atoms with Gasteiger partial charge in [-0.2, -0.15) is 0 Å². The molecule has 0 fully saturated rings. The van der Waals surface area contributed by atoms with Gasteiger partial charge in [0.05, 0.1) is 23.6 Å². The number of amides is 1. The smallest absolute Gasteiger partial charge is 0.257 e. The first kappa shape index (κ1) is 25.9. The Balaban J connectivity index is 1.96. The largest absolute Gasteiger partial charge is 0.491 e. The lowest BCUT2D eigenvalue weighted by molar-refractivity contribution is 0.00918. The summed E-state index contributed by atoms with van der Waals surface area (Å²) in [5, 5.41) is 0. The van der Waals surface area contributed by atoms with E-state index in [0.717, 1.165) is 11.8 Å². The van der Waals surface area contributed by atoms with Gasteiger partial charge in [-0.1, -0.05) is 6.92 Å². The molecule has 2 aromatic rings. The molecule has 0 saturated heterocycles. The SMILES string of the molecule is CO[C@H]1CN(C)C(=O)c2ccc(NS(C)(=O)=O)cc2OC[C@H](C)N(Cc2cncnc2)C[C@@H]1C. The number of likely N-dealkylation sites (N-methyl/N-ethyl adjacent to an activating group) is 1. The van der Waals surface area contributed by atoms with Crippen molar-refractivity contribution < 1.29 is 22.7 Å². The Bertz CT molecular complexity index is 1080. The number of methoxy groups -OCH3 is 1. The number of nitrogens with one attached hydrogen (secondary N) is 1. The summed E-state index contributed by atoms with van der Waals surface area (Å²) in [4.78, 5) is 25.4. The van der Waals surface area contributed by atoms with Crippen LogP contribution in [-0.2, 0) is 21.3 Å². The summed E-state index contributed by atoms with van der Waals surface area (Å²) in [6, 6.07) is 4.67. The number of aromatic nitrogens is 2. The molecule has 1 aromatic heterocycles. The highest BCUT2D eigenvalue weighted by Gasteiger charge is 2.28. The third-order valence-corrected chi connectivity index (χ3v) is 6.49. The van der Waals surface area contributed by atoms with Gasteiger partial charge in [0, 0.05) is 63.9 Å².